The van der Waals surface area contributed by atoms with Crippen molar-refractivity contribution in [3.05, 3.63) is 53.6 Å². The van der Waals surface area contributed by atoms with E-state index in [1.807, 2.05) is 18.2 Å². The molecule has 2 rings (SSSR count). The lowest BCUT2D eigenvalue weighted by molar-refractivity contribution is 0.373. The summed E-state index contributed by atoms with van der Waals surface area (Å²) in [7, 11) is 1.51. The summed E-state index contributed by atoms with van der Waals surface area (Å²) >= 11 is 0. The van der Waals surface area contributed by atoms with Crippen molar-refractivity contribution in [2.24, 2.45) is 4.99 Å². The Kier molecular flexibility index (Phi) is 4.60. The zero-order chi connectivity index (χ0) is 14.4. The lowest BCUT2D eigenvalue weighted by atomic mass is 10.1. The van der Waals surface area contributed by atoms with Crippen LogP contribution in [0.3, 0.4) is 0 Å². The van der Waals surface area contributed by atoms with E-state index in [0.717, 1.165) is 17.5 Å². The van der Waals surface area contributed by atoms with Gasteiger partial charge in [0.1, 0.15) is 5.75 Å². The summed E-state index contributed by atoms with van der Waals surface area (Å²) in [6.07, 6.45) is 2.53. The van der Waals surface area contributed by atoms with Gasteiger partial charge in [-0.25, -0.2) is 0 Å². The Morgan fingerprint density at radius 1 is 1.10 bits per heavy atom. The standard InChI is InChI=1S/C16H17NO3/c1-20-16-7-4-13(10-15(16)19)11-17-9-8-12-2-5-14(18)6-3-12/h2-7,10-11,18-19H,8-9H2,1H3. The van der Waals surface area contributed by atoms with Crippen molar-refractivity contribution in [1.82, 2.24) is 0 Å². The van der Waals surface area contributed by atoms with Crippen LogP contribution in [0.2, 0.25) is 0 Å². The summed E-state index contributed by atoms with van der Waals surface area (Å²) in [5.41, 5.74) is 1.95. The summed E-state index contributed by atoms with van der Waals surface area (Å²) in [4.78, 5) is 4.32. The summed E-state index contributed by atoms with van der Waals surface area (Å²) in [6.45, 7) is 0.650. The van der Waals surface area contributed by atoms with E-state index < -0.39 is 0 Å². The largest absolute Gasteiger partial charge is 0.508 e. The van der Waals surface area contributed by atoms with Crippen LogP contribution in [0.5, 0.6) is 17.2 Å². The number of hydrogen-bond acceptors (Lipinski definition) is 4. The lowest BCUT2D eigenvalue weighted by Gasteiger charge is -2.03. The van der Waals surface area contributed by atoms with Crippen molar-refractivity contribution in [1.29, 1.82) is 0 Å². The van der Waals surface area contributed by atoms with Crippen LogP contribution in [0.1, 0.15) is 11.1 Å². The van der Waals surface area contributed by atoms with Crippen molar-refractivity contribution in [2.75, 3.05) is 13.7 Å². The third kappa shape index (κ3) is 3.75. The topological polar surface area (TPSA) is 62.0 Å². The molecule has 0 amide bonds. The molecule has 0 radical (unpaired) electrons. The Morgan fingerprint density at radius 3 is 2.50 bits per heavy atom. The monoisotopic (exact) mass is 271 g/mol. The molecule has 0 saturated carbocycles. The Bertz CT molecular complexity index is 591. The number of methoxy groups -OCH3 is 1. The van der Waals surface area contributed by atoms with Gasteiger partial charge in [0.25, 0.3) is 0 Å². The van der Waals surface area contributed by atoms with Crippen molar-refractivity contribution >= 4 is 6.21 Å². The number of phenolic OH excluding ortho intramolecular Hbond substituents is 2. The van der Waals surface area contributed by atoms with Crippen molar-refractivity contribution < 1.29 is 14.9 Å². The van der Waals surface area contributed by atoms with Crippen molar-refractivity contribution in [2.45, 2.75) is 6.42 Å². The molecule has 0 heterocycles. The minimum atomic E-state index is 0.106. The second-order valence-electron chi connectivity index (χ2n) is 4.38. The van der Waals surface area contributed by atoms with Crippen LogP contribution in [0, 0.1) is 0 Å². The van der Waals surface area contributed by atoms with Gasteiger partial charge in [-0.1, -0.05) is 12.1 Å². The molecule has 0 bridgehead atoms. The minimum absolute atomic E-state index is 0.106. The maximum Gasteiger partial charge on any atom is 0.160 e. The van der Waals surface area contributed by atoms with Gasteiger partial charge in [-0.15, -0.1) is 0 Å². The summed E-state index contributed by atoms with van der Waals surface area (Å²) in [5, 5.41) is 18.8. The first-order valence-electron chi connectivity index (χ1n) is 6.34. The van der Waals surface area contributed by atoms with Crippen molar-refractivity contribution in [3.63, 3.8) is 0 Å². The van der Waals surface area contributed by atoms with Crippen LogP contribution in [-0.2, 0) is 6.42 Å². The van der Waals surface area contributed by atoms with Gasteiger partial charge in [0.15, 0.2) is 11.5 Å². The van der Waals surface area contributed by atoms with Gasteiger partial charge in [0, 0.05) is 12.8 Å². The molecule has 0 saturated heterocycles. The number of aromatic hydroxyl groups is 2. The van der Waals surface area contributed by atoms with E-state index in [1.165, 1.54) is 7.11 Å². The van der Waals surface area contributed by atoms with Crippen LogP contribution >= 0.6 is 0 Å². The highest BCUT2D eigenvalue weighted by molar-refractivity contribution is 5.80. The van der Waals surface area contributed by atoms with E-state index in [9.17, 15) is 10.2 Å². The molecule has 2 aromatic rings. The second kappa shape index (κ2) is 6.61. The van der Waals surface area contributed by atoms with E-state index in [1.54, 1.807) is 30.5 Å². The summed E-state index contributed by atoms with van der Waals surface area (Å²) in [5.74, 6) is 0.826. The van der Waals surface area contributed by atoms with Crippen LogP contribution in [-0.4, -0.2) is 30.1 Å². The fraction of sp³-hybridized carbons (Fsp3) is 0.188. The zero-order valence-electron chi connectivity index (χ0n) is 11.3. The van der Waals surface area contributed by atoms with Crippen LogP contribution in [0.15, 0.2) is 47.5 Å². The molecule has 0 aliphatic rings. The first-order valence-corrected chi connectivity index (χ1v) is 6.34. The second-order valence-corrected chi connectivity index (χ2v) is 4.38. The fourth-order valence-electron chi connectivity index (χ4n) is 1.81. The Labute approximate surface area is 118 Å². The average Bonchev–Trinajstić information content (AvgIpc) is 2.46. The molecule has 4 heteroatoms. The van der Waals surface area contributed by atoms with E-state index in [4.69, 9.17) is 4.74 Å². The van der Waals surface area contributed by atoms with Gasteiger partial charge in [-0.3, -0.25) is 4.99 Å². The number of nitrogens with zero attached hydrogens (tertiary/aromatic N) is 1. The lowest BCUT2D eigenvalue weighted by Crippen LogP contribution is -1.91. The highest BCUT2D eigenvalue weighted by Crippen LogP contribution is 2.25. The first-order chi connectivity index (χ1) is 9.69. The molecular weight excluding hydrogens is 254 g/mol. The van der Waals surface area contributed by atoms with Gasteiger partial charge in [-0.05, 0) is 47.9 Å². The molecule has 0 atom stereocenters. The predicted octanol–water partition coefficient (Wildman–Crippen LogP) is 2.77. The van der Waals surface area contributed by atoms with Gasteiger partial charge in [0.2, 0.25) is 0 Å². The normalized spacial score (nSPS) is 10.8. The molecule has 0 aliphatic carbocycles. The van der Waals surface area contributed by atoms with Gasteiger partial charge < -0.3 is 14.9 Å². The van der Waals surface area contributed by atoms with E-state index in [-0.39, 0.29) is 11.5 Å². The maximum absolute atomic E-state index is 9.64. The van der Waals surface area contributed by atoms with E-state index >= 15 is 0 Å². The Balaban J connectivity index is 1.90. The van der Waals surface area contributed by atoms with Crippen LogP contribution in [0.4, 0.5) is 0 Å². The Hall–Kier alpha value is -2.49. The maximum atomic E-state index is 9.64. The molecule has 2 N–H and O–H groups in total. The SMILES string of the molecule is COc1ccc(C=NCCc2ccc(O)cc2)cc1O. The van der Waals surface area contributed by atoms with Crippen LogP contribution < -0.4 is 4.74 Å². The molecule has 4 nitrogen and oxygen atoms in total. The molecular formula is C16H17NO3. The Morgan fingerprint density at radius 2 is 1.85 bits per heavy atom. The third-order valence-electron chi connectivity index (χ3n) is 2.91. The zero-order valence-corrected chi connectivity index (χ0v) is 11.3. The number of aliphatic imine (C=N–C) groups is 1. The summed E-state index contributed by atoms with van der Waals surface area (Å²) in [6, 6.07) is 12.2. The van der Waals surface area contributed by atoms with E-state index in [0.29, 0.717) is 12.3 Å². The van der Waals surface area contributed by atoms with E-state index in [2.05, 4.69) is 4.99 Å². The highest BCUT2D eigenvalue weighted by Gasteiger charge is 2.00. The first kappa shape index (κ1) is 13.9. The van der Waals surface area contributed by atoms with Gasteiger partial charge in [-0.2, -0.15) is 0 Å². The van der Waals surface area contributed by atoms with Gasteiger partial charge in [0.05, 0.1) is 7.11 Å². The number of phenols is 2. The van der Waals surface area contributed by atoms with Crippen LogP contribution in [0.25, 0.3) is 0 Å². The average molecular weight is 271 g/mol. The van der Waals surface area contributed by atoms with Gasteiger partial charge >= 0.3 is 0 Å². The minimum Gasteiger partial charge on any atom is -0.508 e. The number of benzene rings is 2. The predicted molar refractivity (Wildman–Crippen MR) is 78.9 cm³/mol. The molecule has 0 aromatic heterocycles. The highest BCUT2D eigenvalue weighted by atomic mass is 16.5. The van der Waals surface area contributed by atoms with Crippen molar-refractivity contribution in [3.8, 4) is 17.2 Å². The number of hydrogen-bond donors (Lipinski definition) is 2. The smallest absolute Gasteiger partial charge is 0.160 e. The molecule has 0 unspecified atom stereocenters. The molecule has 0 fully saturated rings. The molecule has 20 heavy (non-hydrogen) atoms. The molecule has 0 aliphatic heterocycles. The summed E-state index contributed by atoms with van der Waals surface area (Å²) < 4.78 is 4.98. The number of rotatable bonds is 5. The molecule has 2 aromatic carbocycles. The molecule has 104 valence electrons. The number of ether oxygens (including phenoxy) is 1. The molecule has 0 spiro atoms. The quantitative estimate of drug-likeness (QED) is 0.822. The third-order valence-corrected chi connectivity index (χ3v) is 2.91. The fourth-order valence-corrected chi connectivity index (χ4v) is 1.81.